The van der Waals surface area contributed by atoms with Crippen LogP contribution in [0.2, 0.25) is 0 Å². The van der Waals surface area contributed by atoms with Crippen LogP contribution in [0.1, 0.15) is 5.82 Å². The molecule has 7 nitrogen and oxygen atoms in total. The minimum absolute atomic E-state index is 0.194. The molecule has 0 aliphatic heterocycles. The standard InChI is InChI=1S/C15H12N6OS/c1-9-19-21(15(22)20(9)2)11-6-12-13(17-8-11)18-14(23-12)10-4-3-5-16-7-10/h3-8H,1-2H3. The Morgan fingerprint density at radius 3 is 2.83 bits per heavy atom. The maximum absolute atomic E-state index is 12.2. The Bertz CT molecular complexity index is 1060. The molecule has 0 aliphatic carbocycles. The highest BCUT2D eigenvalue weighted by molar-refractivity contribution is 7.21. The molecular formula is C15H12N6OS. The molecule has 0 N–H and O–H groups in total. The smallest absolute Gasteiger partial charge is 0.282 e. The summed E-state index contributed by atoms with van der Waals surface area (Å²) >= 11 is 1.51. The number of aryl methyl sites for hydroxylation is 1. The SMILES string of the molecule is Cc1nn(-c2cnc3nc(-c4cccnc4)sc3c2)c(=O)n1C. The highest BCUT2D eigenvalue weighted by Gasteiger charge is 2.12. The maximum atomic E-state index is 12.2. The number of thiazole rings is 1. The third-order valence-electron chi connectivity index (χ3n) is 3.58. The fourth-order valence-electron chi connectivity index (χ4n) is 2.24. The highest BCUT2D eigenvalue weighted by Crippen LogP contribution is 2.29. The fourth-order valence-corrected chi connectivity index (χ4v) is 3.19. The Balaban J connectivity index is 1.85. The molecule has 0 unspecified atom stereocenters. The molecule has 8 heteroatoms. The first kappa shape index (κ1) is 13.8. The molecule has 0 aromatic carbocycles. The number of pyridine rings is 2. The number of hydrogen-bond acceptors (Lipinski definition) is 6. The van der Waals surface area contributed by atoms with E-state index in [0.29, 0.717) is 17.2 Å². The van der Waals surface area contributed by atoms with E-state index in [1.807, 2.05) is 18.2 Å². The second-order valence-electron chi connectivity index (χ2n) is 5.08. The molecule has 0 bridgehead atoms. The Morgan fingerprint density at radius 1 is 1.26 bits per heavy atom. The van der Waals surface area contributed by atoms with Gasteiger partial charge in [-0.05, 0) is 25.1 Å². The van der Waals surface area contributed by atoms with Crippen molar-refractivity contribution in [2.24, 2.45) is 7.05 Å². The van der Waals surface area contributed by atoms with Crippen LogP contribution in [-0.2, 0) is 7.05 Å². The van der Waals surface area contributed by atoms with Gasteiger partial charge in [0.25, 0.3) is 0 Å². The van der Waals surface area contributed by atoms with Gasteiger partial charge in [0.05, 0.1) is 16.6 Å². The van der Waals surface area contributed by atoms with Gasteiger partial charge in [0.1, 0.15) is 10.8 Å². The van der Waals surface area contributed by atoms with Crippen molar-refractivity contribution in [1.82, 2.24) is 29.3 Å². The first-order valence-electron chi connectivity index (χ1n) is 6.93. The molecular weight excluding hydrogens is 312 g/mol. The van der Waals surface area contributed by atoms with Crippen molar-refractivity contribution in [3.63, 3.8) is 0 Å². The van der Waals surface area contributed by atoms with Crippen molar-refractivity contribution in [1.29, 1.82) is 0 Å². The Hall–Kier alpha value is -2.87. The Labute approximate surface area is 134 Å². The van der Waals surface area contributed by atoms with Crippen LogP contribution >= 0.6 is 11.3 Å². The summed E-state index contributed by atoms with van der Waals surface area (Å²) in [4.78, 5) is 25.1. The summed E-state index contributed by atoms with van der Waals surface area (Å²) in [5, 5.41) is 5.10. The molecule has 0 fully saturated rings. The quantitative estimate of drug-likeness (QED) is 0.563. The summed E-state index contributed by atoms with van der Waals surface area (Å²) in [6, 6.07) is 5.71. The number of fused-ring (bicyclic) bond motifs is 1. The van der Waals surface area contributed by atoms with E-state index in [1.165, 1.54) is 20.6 Å². The lowest BCUT2D eigenvalue weighted by Gasteiger charge is -1.97. The minimum atomic E-state index is -0.194. The topological polar surface area (TPSA) is 78.5 Å². The van der Waals surface area contributed by atoms with Gasteiger partial charge in [0, 0.05) is 25.0 Å². The zero-order valence-electron chi connectivity index (χ0n) is 12.5. The first-order valence-corrected chi connectivity index (χ1v) is 7.75. The van der Waals surface area contributed by atoms with Crippen LogP contribution in [-0.4, -0.2) is 29.3 Å². The van der Waals surface area contributed by atoms with Gasteiger partial charge in [-0.25, -0.2) is 14.8 Å². The first-order chi connectivity index (χ1) is 11.1. The zero-order valence-corrected chi connectivity index (χ0v) is 13.3. The third kappa shape index (κ3) is 2.23. The van der Waals surface area contributed by atoms with Crippen LogP contribution in [0.25, 0.3) is 26.6 Å². The highest BCUT2D eigenvalue weighted by atomic mass is 32.1. The van der Waals surface area contributed by atoms with E-state index in [0.717, 1.165) is 15.3 Å². The summed E-state index contributed by atoms with van der Waals surface area (Å²) in [5.41, 5.74) is 2.04. The lowest BCUT2D eigenvalue weighted by Crippen LogP contribution is -2.21. The summed E-state index contributed by atoms with van der Waals surface area (Å²) in [6.45, 7) is 1.79. The monoisotopic (exact) mass is 324 g/mol. The maximum Gasteiger partial charge on any atom is 0.350 e. The number of rotatable bonds is 2. The van der Waals surface area contributed by atoms with E-state index in [9.17, 15) is 4.79 Å². The Morgan fingerprint density at radius 2 is 2.13 bits per heavy atom. The average Bonchev–Trinajstić information content (AvgIpc) is 3.12. The van der Waals surface area contributed by atoms with E-state index in [-0.39, 0.29) is 5.69 Å². The van der Waals surface area contributed by atoms with Crippen molar-refractivity contribution in [3.05, 3.63) is 53.1 Å². The lowest BCUT2D eigenvalue weighted by molar-refractivity contribution is 0.794. The third-order valence-corrected chi connectivity index (χ3v) is 4.62. The number of nitrogens with zero attached hydrogens (tertiary/aromatic N) is 6. The minimum Gasteiger partial charge on any atom is -0.282 e. The second kappa shape index (κ2) is 5.10. The van der Waals surface area contributed by atoms with Gasteiger partial charge in [-0.3, -0.25) is 9.55 Å². The lowest BCUT2D eigenvalue weighted by atomic mass is 10.3. The van der Waals surface area contributed by atoms with Gasteiger partial charge in [-0.1, -0.05) is 0 Å². The van der Waals surface area contributed by atoms with Crippen LogP contribution in [0.15, 0.2) is 41.6 Å². The Kier molecular flexibility index (Phi) is 3.05. The van der Waals surface area contributed by atoms with Crippen molar-refractivity contribution in [2.45, 2.75) is 6.92 Å². The second-order valence-corrected chi connectivity index (χ2v) is 6.11. The van der Waals surface area contributed by atoms with Gasteiger partial charge >= 0.3 is 5.69 Å². The molecule has 0 saturated carbocycles. The predicted molar refractivity (Wildman–Crippen MR) is 87.7 cm³/mol. The molecule has 4 heterocycles. The summed E-state index contributed by atoms with van der Waals surface area (Å²) < 4.78 is 3.75. The van der Waals surface area contributed by atoms with E-state index in [1.54, 1.807) is 32.6 Å². The van der Waals surface area contributed by atoms with Crippen LogP contribution in [0.3, 0.4) is 0 Å². The van der Waals surface area contributed by atoms with Crippen LogP contribution < -0.4 is 5.69 Å². The molecule has 4 rings (SSSR count). The zero-order chi connectivity index (χ0) is 16.0. The number of hydrogen-bond donors (Lipinski definition) is 0. The molecule has 0 amide bonds. The normalized spacial score (nSPS) is 11.2. The van der Waals surface area contributed by atoms with Crippen molar-refractivity contribution in [2.75, 3.05) is 0 Å². The van der Waals surface area contributed by atoms with Gasteiger partial charge in [-0.15, -0.1) is 11.3 Å². The molecule has 0 atom stereocenters. The van der Waals surface area contributed by atoms with Crippen molar-refractivity contribution in [3.8, 4) is 16.3 Å². The van der Waals surface area contributed by atoms with Gasteiger partial charge in [-0.2, -0.15) is 9.78 Å². The van der Waals surface area contributed by atoms with E-state index in [2.05, 4.69) is 20.1 Å². The average molecular weight is 324 g/mol. The van der Waals surface area contributed by atoms with E-state index in [4.69, 9.17) is 0 Å². The molecule has 0 aliphatic rings. The molecule has 23 heavy (non-hydrogen) atoms. The van der Waals surface area contributed by atoms with E-state index < -0.39 is 0 Å². The molecule has 0 saturated heterocycles. The van der Waals surface area contributed by atoms with Crippen LogP contribution in [0.4, 0.5) is 0 Å². The summed E-state index contributed by atoms with van der Waals surface area (Å²) in [6.07, 6.45) is 5.11. The molecule has 4 aromatic heterocycles. The van der Waals surface area contributed by atoms with Crippen LogP contribution in [0, 0.1) is 6.92 Å². The van der Waals surface area contributed by atoms with Crippen LogP contribution in [0.5, 0.6) is 0 Å². The number of aromatic nitrogens is 6. The summed E-state index contributed by atoms with van der Waals surface area (Å²) in [7, 11) is 1.69. The molecule has 114 valence electrons. The molecule has 0 radical (unpaired) electrons. The van der Waals surface area contributed by atoms with Gasteiger partial charge < -0.3 is 0 Å². The largest absolute Gasteiger partial charge is 0.350 e. The molecule has 0 spiro atoms. The predicted octanol–water partition coefficient (Wildman–Crippen LogP) is 1.95. The van der Waals surface area contributed by atoms with Crippen molar-refractivity contribution >= 4 is 21.7 Å². The van der Waals surface area contributed by atoms with Gasteiger partial charge in [0.2, 0.25) is 0 Å². The van der Waals surface area contributed by atoms with Crippen molar-refractivity contribution < 1.29 is 0 Å². The fraction of sp³-hybridized carbons (Fsp3) is 0.133. The summed E-state index contributed by atoms with van der Waals surface area (Å²) in [5.74, 6) is 0.649. The molecule has 4 aromatic rings. The van der Waals surface area contributed by atoms with Gasteiger partial charge in [0.15, 0.2) is 5.65 Å². The van der Waals surface area contributed by atoms with E-state index >= 15 is 0 Å².